The highest BCUT2D eigenvalue weighted by atomic mass is 19.3. The van der Waals surface area contributed by atoms with Gasteiger partial charge in [-0.3, -0.25) is 0 Å². The second kappa shape index (κ2) is 11.1. The quantitative estimate of drug-likeness (QED) is 0.529. The smallest absolute Gasteiger partial charge is 0.192 e. The second-order valence-electron chi connectivity index (χ2n) is 2.86. The molecular formula is C13H20F2. The van der Waals surface area contributed by atoms with Crippen molar-refractivity contribution < 1.29 is 8.78 Å². The number of rotatable bonds is 0. The van der Waals surface area contributed by atoms with Crippen LogP contribution in [-0.2, 0) is 0 Å². The van der Waals surface area contributed by atoms with Gasteiger partial charge in [0.1, 0.15) is 0 Å². The van der Waals surface area contributed by atoms with E-state index in [0.29, 0.717) is 12.8 Å². The molecule has 0 aromatic carbocycles. The zero-order valence-electron chi connectivity index (χ0n) is 9.87. The van der Waals surface area contributed by atoms with Crippen LogP contribution in [0.15, 0.2) is 0 Å². The third kappa shape index (κ3) is 13.0. The standard InChI is InChI=1S/C8H10F2.C3H4.C2H6/c9-8(10)6-4-2-1-3-5-7-8;1-3-2;1-2/h1-4,6H2;1H,2H3;1-2H3. The monoisotopic (exact) mass is 214 g/mol. The SMILES string of the molecule is C#CC.CC.FC1(F)C#CCCCCC1. The van der Waals surface area contributed by atoms with E-state index in [1.165, 1.54) is 0 Å². The Morgan fingerprint density at radius 1 is 1.20 bits per heavy atom. The highest BCUT2D eigenvalue weighted by Gasteiger charge is 2.24. The van der Waals surface area contributed by atoms with Gasteiger partial charge in [0.25, 0.3) is 0 Å². The summed E-state index contributed by atoms with van der Waals surface area (Å²) in [7, 11) is 0. The Bertz CT molecular complexity index is 225. The van der Waals surface area contributed by atoms with Gasteiger partial charge in [0.15, 0.2) is 0 Å². The van der Waals surface area contributed by atoms with Crippen LogP contribution < -0.4 is 0 Å². The fraction of sp³-hybridized carbons (Fsp3) is 0.692. The summed E-state index contributed by atoms with van der Waals surface area (Å²) in [5, 5.41) is 0. The summed E-state index contributed by atoms with van der Waals surface area (Å²) in [6, 6.07) is 0. The molecule has 0 bridgehead atoms. The van der Waals surface area contributed by atoms with Gasteiger partial charge in [-0.1, -0.05) is 26.2 Å². The van der Waals surface area contributed by atoms with Crippen molar-refractivity contribution in [2.24, 2.45) is 0 Å². The maximum Gasteiger partial charge on any atom is 0.308 e. The Morgan fingerprint density at radius 2 is 1.73 bits per heavy atom. The van der Waals surface area contributed by atoms with E-state index in [4.69, 9.17) is 0 Å². The van der Waals surface area contributed by atoms with E-state index in [1.54, 1.807) is 6.92 Å². The van der Waals surface area contributed by atoms with Gasteiger partial charge in [0, 0.05) is 12.8 Å². The molecule has 0 spiro atoms. The van der Waals surface area contributed by atoms with Crippen molar-refractivity contribution >= 4 is 0 Å². The lowest BCUT2D eigenvalue weighted by Crippen LogP contribution is -2.13. The molecule has 0 aromatic heterocycles. The van der Waals surface area contributed by atoms with Crippen molar-refractivity contribution in [2.45, 2.75) is 58.8 Å². The van der Waals surface area contributed by atoms with Crippen molar-refractivity contribution in [3.63, 3.8) is 0 Å². The molecule has 0 heterocycles. The van der Waals surface area contributed by atoms with Gasteiger partial charge >= 0.3 is 5.92 Å². The maximum atomic E-state index is 12.5. The van der Waals surface area contributed by atoms with Gasteiger partial charge in [-0.2, -0.15) is 8.78 Å². The normalized spacial score (nSPS) is 16.8. The minimum absolute atomic E-state index is 0.0556. The molecule has 0 aromatic rings. The van der Waals surface area contributed by atoms with Crippen molar-refractivity contribution in [2.75, 3.05) is 0 Å². The number of hydrogen-bond acceptors (Lipinski definition) is 0. The van der Waals surface area contributed by atoms with Crippen molar-refractivity contribution in [1.29, 1.82) is 0 Å². The lowest BCUT2D eigenvalue weighted by Gasteiger charge is -2.09. The van der Waals surface area contributed by atoms with E-state index in [0.717, 1.165) is 12.8 Å². The zero-order valence-corrected chi connectivity index (χ0v) is 9.87. The largest absolute Gasteiger partial charge is 0.308 e. The molecule has 0 radical (unpaired) electrons. The lowest BCUT2D eigenvalue weighted by atomic mass is 10.1. The number of terminal acetylenes is 1. The fourth-order valence-electron chi connectivity index (χ4n) is 0.991. The molecule has 0 saturated carbocycles. The Hall–Kier alpha value is -1.02. The van der Waals surface area contributed by atoms with Gasteiger partial charge in [-0.15, -0.1) is 12.3 Å². The molecular weight excluding hydrogens is 194 g/mol. The second-order valence-corrected chi connectivity index (χ2v) is 2.86. The third-order valence-corrected chi connectivity index (χ3v) is 1.56. The van der Waals surface area contributed by atoms with Crippen LogP contribution in [0.1, 0.15) is 52.9 Å². The lowest BCUT2D eigenvalue weighted by molar-refractivity contribution is 0.0529. The van der Waals surface area contributed by atoms with Crippen molar-refractivity contribution in [3.05, 3.63) is 0 Å². The Kier molecular flexibility index (Phi) is 12.1. The Balaban J connectivity index is 0. The average molecular weight is 214 g/mol. The van der Waals surface area contributed by atoms with Crippen LogP contribution in [0.25, 0.3) is 0 Å². The summed E-state index contributed by atoms with van der Waals surface area (Å²) in [5.74, 6) is 4.00. The molecule has 1 aliphatic rings. The molecule has 86 valence electrons. The molecule has 0 nitrogen and oxygen atoms in total. The average Bonchev–Trinajstić information content (AvgIpc) is 2.17. The van der Waals surface area contributed by atoms with Gasteiger partial charge in [0.2, 0.25) is 0 Å². The molecule has 0 saturated heterocycles. The van der Waals surface area contributed by atoms with E-state index in [1.807, 2.05) is 19.8 Å². The molecule has 1 rings (SSSR count). The van der Waals surface area contributed by atoms with Crippen LogP contribution in [0.4, 0.5) is 8.78 Å². The van der Waals surface area contributed by atoms with E-state index in [2.05, 4.69) is 18.3 Å². The fourth-order valence-corrected chi connectivity index (χ4v) is 0.991. The Morgan fingerprint density at radius 3 is 2.27 bits per heavy atom. The first-order valence-corrected chi connectivity index (χ1v) is 5.37. The van der Waals surface area contributed by atoms with Crippen LogP contribution in [0.5, 0.6) is 0 Å². The number of alkyl halides is 2. The highest BCUT2D eigenvalue weighted by molar-refractivity contribution is 5.09. The van der Waals surface area contributed by atoms with Gasteiger partial charge in [-0.05, 0) is 25.7 Å². The molecule has 15 heavy (non-hydrogen) atoms. The van der Waals surface area contributed by atoms with Crippen LogP contribution >= 0.6 is 0 Å². The molecule has 0 fully saturated rings. The zero-order chi connectivity index (χ0) is 12.2. The number of halogens is 2. The maximum absolute atomic E-state index is 12.5. The van der Waals surface area contributed by atoms with Crippen LogP contribution in [0.3, 0.4) is 0 Å². The summed E-state index contributed by atoms with van der Waals surface area (Å²) in [6.07, 6.45) is 7.66. The molecule has 2 heteroatoms. The molecule has 0 aliphatic heterocycles. The van der Waals surface area contributed by atoms with E-state index >= 15 is 0 Å². The van der Waals surface area contributed by atoms with Gasteiger partial charge < -0.3 is 0 Å². The summed E-state index contributed by atoms with van der Waals surface area (Å²) in [5.41, 5.74) is 0. The van der Waals surface area contributed by atoms with E-state index in [9.17, 15) is 8.78 Å². The summed E-state index contributed by atoms with van der Waals surface area (Å²) in [4.78, 5) is 0. The summed E-state index contributed by atoms with van der Waals surface area (Å²) in [6.45, 7) is 5.65. The predicted octanol–water partition coefficient (Wildman–Crippen LogP) is 4.25. The van der Waals surface area contributed by atoms with Crippen molar-refractivity contribution in [3.8, 4) is 24.2 Å². The third-order valence-electron chi connectivity index (χ3n) is 1.56. The first-order chi connectivity index (χ1) is 7.12. The van der Waals surface area contributed by atoms with Gasteiger partial charge in [0.05, 0.1) is 0 Å². The van der Waals surface area contributed by atoms with Crippen LogP contribution in [0.2, 0.25) is 0 Å². The Labute approximate surface area is 92.5 Å². The van der Waals surface area contributed by atoms with Gasteiger partial charge in [-0.25, -0.2) is 0 Å². The first kappa shape index (κ1) is 16.4. The summed E-state index contributed by atoms with van der Waals surface area (Å²) >= 11 is 0. The summed E-state index contributed by atoms with van der Waals surface area (Å²) < 4.78 is 24.9. The van der Waals surface area contributed by atoms with E-state index in [-0.39, 0.29) is 6.42 Å². The first-order valence-electron chi connectivity index (χ1n) is 5.37. The topological polar surface area (TPSA) is 0 Å². The minimum atomic E-state index is -2.71. The molecule has 0 atom stereocenters. The minimum Gasteiger partial charge on any atom is -0.192 e. The van der Waals surface area contributed by atoms with E-state index < -0.39 is 5.92 Å². The van der Waals surface area contributed by atoms with Crippen molar-refractivity contribution in [1.82, 2.24) is 0 Å². The van der Waals surface area contributed by atoms with Crippen LogP contribution in [-0.4, -0.2) is 5.92 Å². The van der Waals surface area contributed by atoms with Crippen LogP contribution in [0, 0.1) is 24.2 Å². The predicted molar refractivity (Wildman–Crippen MR) is 61.7 cm³/mol. The molecule has 0 unspecified atom stereocenters. The number of hydrogen-bond donors (Lipinski definition) is 0. The molecule has 0 amide bonds. The molecule has 1 aliphatic carbocycles. The highest BCUT2D eigenvalue weighted by Crippen LogP contribution is 2.22. The molecule has 0 N–H and O–H groups in total.